The third-order valence-electron chi connectivity index (χ3n) is 2.62. The normalized spacial score (nSPS) is 22.7. The fourth-order valence-corrected chi connectivity index (χ4v) is 1.87. The van der Waals surface area contributed by atoms with Crippen molar-refractivity contribution in [3.63, 3.8) is 0 Å². The summed E-state index contributed by atoms with van der Waals surface area (Å²) in [5, 5.41) is 10.9. The van der Waals surface area contributed by atoms with Crippen molar-refractivity contribution in [1.82, 2.24) is 5.32 Å². The van der Waals surface area contributed by atoms with Crippen LogP contribution in [0, 0.1) is 5.82 Å². The van der Waals surface area contributed by atoms with Crippen LogP contribution in [-0.2, 0) is 0 Å². The zero-order valence-electron chi connectivity index (χ0n) is 8.82. The Hall–Kier alpha value is -1.49. The van der Waals surface area contributed by atoms with Crippen LogP contribution in [0.5, 0.6) is 5.75 Å². The van der Waals surface area contributed by atoms with Gasteiger partial charge in [-0.1, -0.05) is 11.6 Å². The predicted molar refractivity (Wildman–Crippen MR) is 60.0 cm³/mol. The van der Waals surface area contributed by atoms with Crippen LogP contribution in [0.25, 0.3) is 0 Å². The molecule has 1 aliphatic carbocycles. The number of rotatable bonds is 3. The standard InChI is InChI=1S/C11H11ClFNO3/c12-9-5-7(1-2-10(9)13)17-8-3-6(4-8)14-11(15)16/h1-2,5-6,8,14H,3-4H2,(H,15,16). The maximum Gasteiger partial charge on any atom is 0.404 e. The van der Waals surface area contributed by atoms with Gasteiger partial charge in [-0.15, -0.1) is 0 Å². The van der Waals surface area contributed by atoms with Gasteiger partial charge in [-0.25, -0.2) is 9.18 Å². The van der Waals surface area contributed by atoms with Gasteiger partial charge in [-0.3, -0.25) is 0 Å². The summed E-state index contributed by atoms with van der Waals surface area (Å²) in [5.74, 6) is 0.00761. The Morgan fingerprint density at radius 3 is 2.82 bits per heavy atom. The van der Waals surface area contributed by atoms with Crippen molar-refractivity contribution in [3.8, 4) is 5.75 Å². The highest BCUT2D eigenvalue weighted by molar-refractivity contribution is 6.30. The highest BCUT2D eigenvalue weighted by atomic mass is 35.5. The second-order valence-corrected chi connectivity index (χ2v) is 4.34. The molecule has 0 atom stereocenters. The summed E-state index contributed by atoms with van der Waals surface area (Å²) in [7, 11) is 0. The fraction of sp³-hybridized carbons (Fsp3) is 0.364. The van der Waals surface area contributed by atoms with Crippen LogP contribution in [0.1, 0.15) is 12.8 Å². The Balaban J connectivity index is 1.83. The highest BCUT2D eigenvalue weighted by Crippen LogP contribution is 2.28. The van der Waals surface area contributed by atoms with Crippen molar-refractivity contribution in [3.05, 3.63) is 29.0 Å². The number of hydrogen-bond donors (Lipinski definition) is 2. The van der Waals surface area contributed by atoms with Crippen molar-refractivity contribution in [2.24, 2.45) is 0 Å². The Morgan fingerprint density at radius 2 is 2.24 bits per heavy atom. The van der Waals surface area contributed by atoms with E-state index < -0.39 is 11.9 Å². The number of hydrogen-bond acceptors (Lipinski definition) is 2. The molecular formula is C11H11ClFNO3. The Kier molecular flexibility index (Phi) is 3.38. The molecular weight excluding hydrogens is 249 g/mol. The molecule has 0 aliphatic heterocycles. The molecule has 0 radical (unpaired) electrons. The van der Waals surface area contributed by atoms with Crippen LogP contribution in [0.15, 0.2) is 18.2 Å². The quantitative estimate of drug-likeness (QED) is 0.877. The van der Waals surface area contributed by atoms with Crippen molar-refractivity contribution in [2.75, 3.05) is 0 Å². The van der Waals surface area contributed by atoms with Gasteiger partial charge in [-0.05, 0) is 12.1 Å². The first-order valence-corrected chi connectivity index (χ1v) is 5.53. The molecule has 0 aromatic heterocycles. The van der Waals surface area contributed by atoms with E-state index in [9.17, 15) is 9.18 Å². The van der Waals surface area contributed by atoms with Crippen LogP contribution >= 0.6 is 11.6 Å². The third kappa shape index (κ3) is 3.00. The molecule has 1 fully saturated rings. The van der Waals surface area contributed by atoms with Crippen molar-refractivity contribution in [2.45, 2.75) is 25.0 Å². The molecule has 1 aromatic carbocycles. The zero-order chi connectivity index (χ0) is 12.4. The van der Waals surface area contributed by atoms with E-state index in [0.29, 0.717) is 18.6 Å². The second-order valence-electron chi connectivity index (χ2n) is 3.93. The molecule has 0 spiro atoms. The van der Waals surface area contributed by atoms with E-state index in [0.717, 1.165) is 0 Å². The highest BCUT2D eigenvalue weighted by Gasteiger charge is 2.32. The van der Waals surface area contributed by atoms with Gasteiger partial charge < -0.3 is 15.2 Å². The monoisotopic (exact) mass is 259 g/mol. The summed E-state index contributed by atoms with van der Waals surface area (Å²) in [6, 6.07) is 4.09. The number of carbonyl (C=O) groups is 1. The smallest absolute Gasteiger partial charge is 0.404 e. The molecule has 0 unspecified atom stereocenters. The lowest BCUT2D eigenvalue weighted by Gasteiger charge is -2.35. The minimum atomic E-state index is -1.03. The van der Waals surface area contributed by atoms with Crippen LogP contribution in [-0.4, -0.2) is 23.3 Å². The lowest BCUT2D eigenvalue weighted by Crippen LogP contribution is -2.48. The maximum atomic E-state index is 12.9. The number of carboxylic acid groups (broad SMARTS) is 1. The van der Waals surface area contributed by atoms with Crippen molar-refractivity contribution >= 4 is 17.7 Å². The largest absolute Gasteiger partial charge is 0.490 e. The van der Waals surface area contributed by atoms with E-state index in [-0.39, 0.29) is 17.2 Å². The van der Waals surface area contributed by atoms with E-state index in [2.05, 4.69) is 5.32 Å². The number of nitrogens with one attached hydrogen (secondary N) is 1. The number of ether oxygens (including phenoxy) is 1. The summed E-state index contributed by atoms with van der Waals surface area (Å²) in [6.07, 6.45) is 0.148. The van der Waals surface area contributed by atoms with Gasteiger partial charge >= 0.3 is 6.09 Å². The van der Waals surface area contributed by atoms with Crippen LogP contribution in [0.3, 0.4) is 0 Å². The van der Waals surface area contributed by atoms with E-state index in [1.54, 1.807) is 0 Å². The van der Waals surface area contributed by atoms with Gasteiger partial charge in [0, 0.05) is 24.9 Å². The summed E-state index contributed by atoms with van der Waals surface area (Å²) < 4.78 is 18.4. The number of amides is 1. The first-order chi connectivity index (χ1) is 8.04. The minimum Gasteiger partial charge on any atom is -0.490 e. The summed E-state index contributed by atoms with van der Waals surface area (Å²) in [6.45, 7) is 0. The SMILES string of the molecule is O=C(O)NC1CC(Oc2ccc(F)c(Cl)c2)C1. The lowest BCUT2D eigenvalue weighted by atomic mass is 9.89. The van der Waals surface area contributed by atoms with Gasteiger partial charge in [-0.2, -0.15) is 0 Å². The molecule has 2 rings (SSSR count). The van der Waals surface area contributed by atoms with Crippen LogP contribution in [0.4, 0.5) is 9.18 Å². The average molecular weight is 260 g/mol. The topological polar surface area (TPSA) is 58.6 Å². The lowest BCUT2D eigenvalue weighted by molar-refractivity contribution is 0.0833. The van der Waals surface area contributed by atoms with Crippen molar-refractivity contribution in [1.29, 1.82) is 0 Å². The number of halogens is 2. The Labute approximate surface area is 102 Å². The molecule has 4 nitrogen and oxygen atoms in total. The first kappa shape index (κ1) is 12.0. The van der Waals surface area contributed by atoms with Gasteiger partial charge in [0.05, 0.1) is 5.02 Å². The van der Waals surface area contributed by atoms with Crippen LogP contribution in [0.2, 0.25) is 5.02 Å². The first-order valence-electron chi connectivity index (χ1n) is 5.16. The van der Waals surface area contributed by atoms with Gasteiger partial charge in [0.2, 0.25) is 0 Å². The summed E-state index contributed by atoms with van der Waals surface area (Å²) in [5.41, 5.74) is 0. The molecule has 0 bridgehead atoms. The Bertz CT molecular complexity index is 435. The maximum absolute atomic E-state index is 12.9. The molecule has 92 valence electrons. The predicted octanol–water partition coefficient (Wildman–Crippen LogP) is 2.66. The van der Waals surface area contributed by atoms with Crippen LogP contribution < -0.4 is 10.1 Å². The van der Waals surface area contributed by atoms with E-state index in [1.165, 1.54) is 18.2 Å². The fourth-order valence-electron chi connectivity index (χ4n) is 1.70. The summed E-state index contributed by atoms with van der Waals surface area (Å²) >= 11 is 5.61. The molecule has 0 saturated heterocycles. The minimum absolute atomic E-state index is 0.0158. The van der Waals surface area contributed by atoms with E-state index in [4.69, 9.17) is 21.4 Å². The molecule has 1 amide bonds. The zero-order valence-corrected chi connectivity index (χ0v) is 9.58. The Morgan fingerprint density at radius 1 is 1.53 bits per heavy atom. The molecule has 2 N–H and O–H groups in total. The second kappa shape index (κ2) is 4.79. The average Bonchev–Trinajstić information content (AvgIpc) is 2.19. The molecule has 0 heterocycles. The van der Waals surface area contributed by atoms with Gasteiger partial charge in [0.25, 0.3) is 0 Å². The molecule has 6 heteroatoms. The van der Waals surface area contributed by atoms with E-state index >= 15 is 0 Å². The molecule has 17 heavy (non-hydrogen) atoms. The van der Waals surface area contributed by atoms with Gasteiger partial charge in [0.15, 0.2) is 0 Å². The van der Waals surface area contributed by atoms with Gasteiger partial charge in [0.1, 0.15) is 17.7 Å². The van der Waals surface area contributed by atoms with Crippen molar-refractivity contribution < 1.29 is 19.0 Å². The number of benzene rings is 1. The van der Waals surface area contributed by atoms with E-state index in [1.807, 2.05) is 0 Å². The molecule has 1 saturated carbocycles. The third-order valence-corrected chi connectivity index (χ3v) is 2.91. The molecule has 1 aliphatic rings. The summed E-state index contributed by atoms with van der Waals surface area (Å²) in [4.78, 5) is 10.3. The molecule has 1 aromatic rings.